The Labute approximate surface area is 233 Å². The van der Waals surface area contributed by atoms with Crippen molar-refractivity contribution in [3.05, 3.63) is 95.2 Å². The van der Waals surface area contributed by atoms with Gasteiger partial charge in [-0.25, -0.2) is 13.4 Å². The minimum atomic E-state index is -3.49. The Kier molecular flexibility index (Phi) is 7.04. The smallest absolute Gasteiger partial charge is 0.229 e. The highest BCUT2D eigenvalue weighted by Crippen LogP contribution is 2.45. The zero-order valence-electron chi connectivity index (χ0n) is 22.3. The molecule has 4 heterocycles. The number of pyridine rings is 2. The summed E-state index contributed by atoms with van der Waals surface area (Å²) in [5, 5.41) is 4.01. The number of thiocarbonyl (C=S) groups is 1. The van der Waals surface area contributed by atoms with Gasteiger partial charge in [-0.1, -0.05) is 6.07 Å². The van der Waals surface area contributed by atoms with Gasteiger partial charge < -0.3 is 19.5 Å². The van der Waals surface area contributed by atoms with Gasteiger partial charge in [0.1, 0.15) is 11.6 Å². The maximum absolute atomic E-state index is 11.9. The molecule has 0 saturated carbocycles. The fourth-order valence-electron chi connectivity index (χ4n) is 5.14. The highest BCUT2D eigenvalue weighted by atomic mass is 32.2. The zero-order chi connectivity index (χ0) is 27.9. The van der Waals surface area contributed by atoms with Gasteiger partial charge in [0.2, 0.25) is 10.0 Å². The summed E-state index contributed by atoms with van der Waals surface area (Å²) in [6, 6.07) is 16.8. The van der Waals surface area contributed by atoms with Gasteiger partial charge in [0.15, 0.2) is 5.11 Å². The molecule has 39 heavy (non-hydrogen) atoms. The van der Waals surface area contributed by atoms with Crippen LogP contribution in [0.2, 0.25) is 0 Å². The number of benzene rings is 1. The number of rotatable bonds is 7. The molecule has 9 nitrogen and oxygen atoms in total. The predicted molar refractivity (Wildman–Crippen MR) is 157 cm³/mol. The van der Waals surface area contributed by atoms with Gasteiger partial charge in [0, 0.05) is 35.5 Å². The number of anilines is 2. The predicted octanol–water partition coefficient (Wildman–Crippen LogP) is 4.75. The van der Waals surface area contributed by atoms with E-state index in [-0.39, 0.29) is 12.1 Å². The summed E-state index contributed by atoms with van der Waals surface area (Å²) >= 11 is 5.89. The van der Waals surface area contributed by atoms with E-state index in [2.05, 4.69) is 50.6 Å². The van der Waals surface area contributed by atoms with Crippen LogP contribution in [0.4, 0.5) is 11.4 Å². The first kappa shape index (κ1) is 26.6. The summed E-state index contributed by atoms with van der Waals surface area (Å²) in [6.45, 7) is 6.20. The minimum Gasteiger partial charge on any atom is -0.494 e. The maximum Gasteiger partial charge on any atom is 0.229 e. The van der Waals surface area contributed by atoms with Crippen LogP contribution in [0.5, 0.6) is 5.75 Å². The standard InChI is InChI=1S/C28H30N6O3S2/c1-17-11-13-30-25(14-17)33-18(2)15-21(19(33)3)27-26(23-8-6-7-12-29-23)31-28(38)34(27)20-9-10-22(24(16-20)37-4)32-39(5,35)36/h6-16,26-27,32H,1-5H3,(H,31,38)/t26-,27-/m0/s1. The number of hydrogen-bond donors (Lipinski definition) is 2. The van der Waals surface area contributed by atoms with Crippen LogP contribution >= 0.6 is 12.2 Å². The molecule has 0 spiro atoms. The lowest BCUT2D eigenvalue weighted by molar-refractivity contribution is 0.417. The lowest BCUT2D eigenvalue weighted by atomic mass is 9.96. The monoisotopic (exact) mass is 562 g/mol. The van der Waals surface area contributed by atoms with Crippen LogP contribution in [0, 0.1) is 20.8 Å². The van der Waals surface area contributed by atoms with Crippen molar-refractivity contribution in [1.82, 2.24) is 19.9 Å². The van der Waals surface area contributed by atoms with E-state index < -0.39 is 10.0 Å². The Morgan fingerprint density at radius 3 is 2.49 bits per heavy atom. The molecular weight excluding hydrogens is 532 g/mol. The third-order valence-electron chi connectivity index (χ3n) is 6.78. The van der Waals surface area contributed by atoms with Gasteiger partial charge in [-0.3, -0.25) is 9.71 Å². The van der Waals surface area contributed by atoms with Crippen molar-refractivity contribution in [1.29, 1.82) is 0 Å². The number of aromatic nitrogens is 3. The number of nitrogens with one attached hydrogen (secondary N) is 2. The van der Waals surface area contributed by atoms with Crippen molar-refractivity contribution in [3.63, 3.8) is 0 Å². The van der Waals surface area contributed by atoms with Crippen LogP contribution in [0.1, 0.15) is 40.3 Å². The van der Waals surface area contributed by atoms with Gasteiger partial charge in [-0.2, -0.15) is 0 Å². The molecular formula is C28H30N6O3S2. The van der Waals surface area contributed by atoms with E-state index in [1.54, 1.807) is 18.3 Å². The molecule has 3 aromatic heterocycles. The summed E-state index contributed by atoms with van der Waals surface area (Å²) in [7, 11) is -1.98. The lowest BCUT2D eigenvalue weighted by Gasteiger charge is -2.28. The Bertz CT molecular complexity index is 1650. The molecule has 0 radical (unpaired) electrons. The van der Waals surface area contributed by atoms with Gasteiger partial charge >= 0.3 is 0 Å². The van der Waals surface area contributed by atoms with Gasteiger partial charge in [0.05, 0.1) is 36.8 Å². The molecule has 2 N–H and O–H groups in total. The van der Waals surface area contributed by atoms with Crippen molar-refractivity contribution >= 4 is 38.7 Å². The van der Waals surface area contributed by atoms with Crippen LogP contribution in [0.3, 0.4) is 0 Å². The molecule has 0 bridgehead atoms. The average molecular weight is 563 g/mol. The third-order valence-corrected chi connectivity index (χ3v) is 7.68. The van der Waals surface area contributed by atoms with Crippen molar-refractivity contribution in [2.24, 2.45) is 0 Å². The fourth-order valence-corrected chi connectivity index (χ4v) is 6.06. The molecule has 11 heteroatoms. The molecule has 5 rings (SSSR count). The fraction of sp³-hybridized carbons (Fsp3) is 0.250. The Balaban J connectivity index is 1.67. The van der Waals surface area contributed by atoms with Crippen LogP contribution in [0.25, 0.3) is 5.82 Å². The van der Waals surface area contributed by atoms with Crippen molar-refractivity contribution < 1.29 is 13.2 Å². The van der Waals surface area contributed by atoms with Crippen LogP contribution in [0.15, 0.2) is 67.0 Å². The van der Waals surface area contributed by atoms with E-state index in [0.29, 0.717) is 16.5 Å². The van der Waals surface area contributed by atoms with E-state index in [1.165, 1.54) is 7.11 Å². The lowest BCUT2D eigenvalue weighted by Crippen LogP contribution is -2.29. The highest BCUT2D eigenvalue weighted by Gasteiger charge is 2.42. The second kappa shape index (κ2) is 10.3. The molecule has 4 aromatic rings. The van der Waals surface area contributed by atoms with Gasteiger partial charge in [-0.05, 0) is 86.6 Å². The highest BCUT2D eigenvalue weighted by molar-refractivity contribution is 7.92. The largest absolute Gasteiger partial charge is 0.494 e. The van der Waals surface area contributed by atoms with E-state index in [1.807, 2.05) is 48.4 Å². The summed E-state index contributed by atoms with van der Waals surface area (Å²) in [5.74, 6) is 1.23. The number of hydrogen-bond acceptors (Lipinski definition) is 6. The maximum atomic E-state index is 11.9. The average Bonchev–Trinajstić information content (AvgIpc) is 3.38. The van der Waals surface area contributed by atoms with Crippen molar-refractivity contribution in [3.8, 4) is 11.6 Å². The van der Waals surface area contributed by atoms with Crippen LogP contribution < -0.4 is 19.7 Å². The second-order valence-corrected chi connectivity index (χ2v) is 11.7. The first-order chi connectivity index (χ1) is 18.6. The van der Waals surface area contributed by atoms with E-state index in [4.69, 9.17) is 17.0 Å². The molecule has 1 saturated heterocycles. The summed E-state index contributed by atoms with van der Waals surface area (Å²) in [4.78, 5) is 11.3. The van der Waals surface area contributed by atoms with E-state index in [0.717, 1.165) is 46.0 Å². The number of aryl methyl sites for hydroxylation is 2. The minimum absolute atomic E-state index is 0.238. The topological polar surface area (TPSA) is 101 Å². The number of sulfonamides is 1. The number of ether oxygens (including phenoxy) is 1. The SMILES string of the molecule is COc1cc(N2C(=S)N[C@@H](c3ccccn3)[C@@H]2c2cc(C)n(-c3cc(C)ccn3)c2C)ccc1NS(C)(=O)=O. The van der Waals surface area contributed by atoms with Crippen molar-refractivity contribution in [2.75, 3.05) is 23.0 Å². The second-order valence-electron chi connectivity index (χ2n) is 9.61. The van der Waals surface area contributed by atoms with Crippen LogP contribution in [-0.2, 0) is 10.0 Å². The molecule has 2 atom stereocenters. The van der Waals surface area contributed by atoms with E-state index >= 15 is 0 Å². The zero-order valence-corrected chi connectivity index (χ0v) is 24.0. The van der Waals surface area contributed by atoms with Gasteiger partial charge in [0.25, 0.3) is 0 Å². The molecule has 1 aliphatic rings. The Morgan fingerprint density at radius 1 is 1.03 bits per heavy atom. The Hall–Kier alpha value is -3.96. The summed E-state index contributed by atoms with van der Waals surface area (Å²) < 4.78 is 34.0. The normalized spacial score (nSPS) is 17.3. The van der Waals surface area contributed by atoms with Crippen LogP contribution in [-0.4, -0.2) is 41.4 Å². The summed E-state index contributed by atoms with van der Waals surface area (Å²) in [6.07, 6.45) is 4.69. The molecule has 0 unspecified atom stereocenters. The van der Waals surface area contributed by atoms with E-state index in [9.17, 15) is 8.42 Å². The molecule has 202 valence electrons. The van der Waals surface area contributed by atoms with Gasteiger partial charge in [-0.15, -0.1) is 0 Å². The Morgan fingerprint density at radius 2 is 1.82 bits per heavy atom. The molecule has 1 aromatic carbocycles. The first-order valence-electron chi connectivity index (χ1n) is 12.4. The summed E-state index contributed by atoms with van der Waals surface area (Å²) in [5.41, 5.74) is 6.23. The third kappa shape index (κ3) is 5.19. The molecule has 1 fully saturated rings. The number of nitrogens with zero attached hydrogens (tertiary/aromatic N) is 4. The molecule has 0 amide bonds. The van der Waals surface area contributed by atoms with Crippen molar-refractivity contribution in [2.45, 2.75) is 32.9 Å². The molecule has 0 aliphatic carbocycles. The number of methoxy groups -OCH3 is 1. The molecule has 1 aliphatic heterocycles. The quantitative estimate of drug-likeness (QED) is 0.311. The first-order valence-corrected chi connectivity index (χ1v) is 14.7.